The second-order valence-electron chi connectivity index (χ2n) is 5.47. The number of rotatable bonds is 6. The number of aromatic nitrogens is 2. The first kappa shape index (κ1) is 17.6. The Morgan fingerprint density at radius 2 is 2.16 bits per heavy atom. The van der Waals surface area contributed by atoms with Crippen molar-refractivity contribution in [2.75, 3.05) is 13.6 Å². The summed E-state index contributed by atoms with van der Waals surface area (Å²) in [6.07, 6.45) is 2.56. The molecule has 2 N–H and O–H groups in total. The molecule has 8 heteroatoms. The van der Waals surface area contributed by atoms with Gasteiger partial charge in [0.15, 0.2) is 5.96 Å². The molecule has 3 heterocycles. The summed E-state index contributed by atoms with van der Waals surface area (Å²) in [6.45, 7) is 5.49. The summed E-state index contributed by atoms with van der Waals surface area (Å²) in [7, 11) is 1.76. The monoisotopic (exact) mass is 375 g/mol. The highest BCUT2D eigenvalue weighted by Crippen LogP contribution is 2.23. The summed E-state index contributed by atoms with van der Waals surface area (Å²) in [4.78, 5) is 15.6. The molecule has 0 saturated carbocycles. The molecule has 0 aromatic carbocycles. The molecule has 3 aromatic rings. The highest BCUT2D eigenvalue weighted by Gasteiger charge is 2.08. The lowest BCUT2D eigenvalue weighted by molar-refractivity contribution is 0.573. The second kappa shape index (κ2) is 8.26. The van der Waals surface area contributed by atoms with Crippen molar-refractivity contribution in [3.8, 4) is 10.8 Å². The van der Waals surface area contributed by atoms with E-state index in [1.807, 2.05) is 24.4 Å². The molecule has 0 bridgehead atoms. The maximum atomic E-state index is 5.52. The average Bonchev–Trinajstić information content (AvgIpc) is 3.33. The van der Waals surface area contributed by atoms with Crippen LogP contribution in [0.5, 0.6) is 0 Å². The number of aryl methyl sites for hydroxylation is 2. The third-order valence-corrected chi connectivity index (χ3v) is 5.64. The second-order valence-corrected chi connectivity index (χ2v) is 7.71. The van der Waals surface area contributed by atoms with E-state index in [1.54, 1.807) is 36.0 Å². The zero-order chi connectivity index (χ0) is 17.6. The molecule has 0 aliphatic rings. The zero-order valence-electron chi connectivity index (χ0n) is 14.5. The average molecular weight is 376 g/mol. The standard InChI is InChI=1S/C17H21N5OS2/c1-11-12(2)25-15(21-11)6-7-19-17(18-3)20-9-13-10-23-16(22-13)14-5-4-8-24-14/h4-5,8,10H,6-7,9H2,1-3H3,(H2,18,19,20). The number of thiazole rings is 1. The van der Waals surface area contributed by atoms with E-state index in [0.29, 0.717) is 12.4 Å². The number of hydrogen-bond acceptors (Lipinski definition) is 6. The van der Waals surface area contributed by atoms with Crippen LogP contribution in [0.3, 0.4) is 0 Å². The minimum atomic E-state index is 0.560. The lowest BCUT2D eigenvalue weighted by atomic mass is 10.4. The maximum absolute atomic E-state index is 5.52. The molecule has 0 spiro atoms. The minimum absolute atomic E-state index is 0.560. The molecular formula is C17H21N5OS2. The van der Waals surface area contributed by atoms with Crippen LogP contribution in [0, 0.1) is 13.8 Å². The van der Waals surface area contributed by atoms with Crippen LogP contribution in [-0.4, -0.2) is 29.5 Å². The van der Waals surface area contributed by atoms with E-state index in [9.17, 15) is 0 Å². The minimum Gasteiger partial charge on any atom is -0.443 e. The molecule has 0 aliphatic heterocycles. The van der Waals surface area contributed by atoms with Crippen LogP contribution in [0.15, 0.2) is 33.2 Å². The van der Waals surface area contributed by atoms with Crippen molar-refractivity contribution in [2.45, 2.75) is 26.8 Å². The van der Waals surface area contributed by atoms with Gasteiger partial charge in [-0.15, -0.1) is 22.7 Å². The van der Waals surface area contributed by atoms with Crippen LogP contribution in [-0.2, 0) is 13.0 Å². The Morgan fingerprint density at radius 1 is 1.28 bits per heavy atom. The van der Waals surface area contributed by atoms with Gasteiger partial charge in [0.2, 0.25) is 5.89 Å². The van der Waals surface area contributed by atoms with E-state index in [2.05, 4.69) is 32.5 Å². The molecular weight excluding hydrogens is 354 g/mol. The lowest BCUT2D eigenvalue weighted by Gasteiger charge is -2.09. The Balaban J connectivity index is 1.46. The van der Waals surface area contributed by atoms with E-state index >= 15 is 0 Å². The summed E-state index contributed by atoms with van der Waals surface area (Å²) in [5.41, 5.74) is 1.97. The summed E-state index contributed by atoms with van der Waals surface area (Å²) < 4.78 is 5.52. The summed E-state index contributed by atoms with van der Waals surface area (Å²) >= 11 is 3.36. The molecule has 3 rings (SSSR count). The molecule has 0 amide bonds. The summed E-state index contributed by atoms with van der Waals surface area (Å²) in [6, 6.07) is 3.98. The van der Waals surface area contributed by atoms with Gasteiger partial charge in [0.05, 0.1) is 27.8 Å². The summed E-state index contributed by atoms with van der Waals surface area (Å²) in [5, 5.41) is 9.71. The predicted molar refractivity (Wildman–Crippen MR) is 103 cm³/mol. The van der Waals surface area contributed by atoms with Gasteiger partial charge in [-0.1, -0.05) is 6.07 Å². The van der Waals surface area contributed by atoms with Crippen molar-refractivity contribution in [3.63, 3.8) is 0 Å². The van der Waals surface area contributed by atoms with Gasteiger partial charge in [-0.2, -0.15) is 0 Å². The first-order valence-electron chi connectivity index (χ1n) is 8.01. The quantitative estimate of drug-likeness (QED) is 0.510. The molecule has 0 atom stereocenters. The Kier molecular flexibility index (Phi) is 5.83. The zero-order valence-corrected chi connectivity index (χ0v) is 16.1. The molecule has 0 saturated heterocycles. The molecule has 0 radical (unpaired) electrons. The number of nitrogens with zero attached hydrogens (tertiary/aromatic N) is 3. The predicted octanol–water partition coefficient (Wildman–Crippen LogP) is 3.38. The Hall–Kier alpha value is -2.19. The van der Waals surface area contributed by atoms with Crippen molar-refractivity contribution in [3.05, 3.63) is 45.0 Å². The number of hydrogen-bond donors (Lipinski definition) is 2. The molecule has 3 aromatic heterocycles. The van der Waals surface area contributed by atoms with Gasteiger partial charge in [0.25, 0.3) is 0 Å². The number of nitrogens with one attached hydrogen (secondary N) is 2. The Labute approximate surface area is 155 Å². The number of guanidine groups is 1. The van der Waals surface area contributed by atoms with Gasteiger partial charge >= 0.3 is 0 Å². The van der Waals surface area contributed by atoms with Crippen LogP contribution in [0.2, 0.25) is 0 Å². The van der Waals surface area contributed by atoms with Crippen molar-refractivity contribution in [1.82, 2.24) is 20.6 Å². The molecule has 25 heavy (non-hydrogen) atoms. The van der Waals surface area contributed by atoms with Crippen LogP contribution in [0.1, 0.15) is 21.3 Å². The van der Waals surface area contributed by atoms with Crippen molar-refractivity contribution in [2.24, 2.45) is 4.99 Å². The molecule has 0 aliphatic carbocycles. The van der Waals surface area contributed by atoms with Crippen LogP contribution in [0.25, 0.3) is 10.8 Å². The van der Waals surface area contributed by atoms with E-state index in [-0.39, 0.29) is 0 Å². The fraction of sp³-hybridized carbons (Fsp3) is 0.353. The summed E-state index contributed by atoms with van der Waals surface area (Å²) in [5.74, 6) is 1.40. The van der Waals surface area contributed by atoms with Gasteiger partial charge < -0.3 is 15.1 Å². The highest BCUT2D eigenvalue weighted by atomic mass is 32.1. The van der Waals surface area contributed by atoms with Crippen LogP contribution < -0.4 is 10.6 Å². The van der Waals surface area contributed by atoms with E-state index in [4.69, 9.17) is 4.42 Å². The fourth-order valence-electron chi connectivity index (χ4n) is 2.23. The van der Waals surface area contributed by atoms with E-state index < -0.39 is 0 Å². The van der Waals surface area contributed by atoms with Crippen molar-refractivity contribution in [1.29, 1.82) is 0 Å². The van der Waals surface area contributed by atoms with E-state index in [0.717, 1.165) is 40.2 Å². The lowest BCUT2D eigenvalue weighted by Crippen LogP contribution is -2.37. The third-order valence-electron chi connectivity index (χ3n) is 3.65. The topological polar surface area (TPSA) is 75.3 Å². The number of oxazole rings is 1. The number of thiophene rings is 1. The SMILES string of the molecule is CN=C(NCCc1nc(C)c(C)s1)NCc1coc(-c2cccs2)n1. The normalized spacial score (nSPS) is 11.7. The van der Waals surface area contributed by atoms with Crippen molar-refractivity contribution < 1.29 is 4.42 Å². The number of aliphatic imine (C=N–C) groups is 1. The van der Waals surface area contributed by atoms with Gasteiger partial charge in [0, 0.05) is 24.9 Å². The smallest absolute Gasteiger partial charge is 0.236 e. The molecule has 6 nitrogen and oxygen atoms in total. The fourth-order valence-corrected chi connectivity index (χ4v) is 3.82. The highest BCUT2D eigenvalue weighted by molar-refractivity contribution is 7.13. The van der Waals surface area contributed by atoms with Gasteiger partial charge in [-0.25, -0.2) is 9.97 Å². The Bertz CT molecular complexity index is 816. The van der Waals surface area contributed by atoms with Crippen LogP contribution in [0.4, 0.5) is 0 Å². The van der Waals surface area contributed by atoms with Crippen molar-refractivity contribution >= 4 is 28.6 Å². The Morgan fingerprint density at radius 3 is 2.84 bits per heavy atom. The first-order valence-corrected chi connectivity index (χ1v) is 9.71. The molecule has 0 fully saturated rings. The van der Waals surface area contributed by atoms with Gasteiger partial charge in [0.1, 0.15) is 6.26 Å². The molecule has 132 valence electrons. The molecule has 0 unspecified atom stereocenters. The first-order chi connectivity index (χ1) is 12.2. The largest absolute Gasteiger partial charge is 0.443 e. The van der Waals surface area contributed by atoms with Gasteiger partial charge in [-0.3, -0.25) is 4.99 Å². The maximum Gasteiger partial charge on any atom is 0.236 e. The van der Waals surface area contributed by atoms with Crippen LogP contribution >= 0.6 is 22.7 Å². The van der Waals surface area contributed by atoms with E-state index in [1.165, 1.54) is 4.88 Å². The third kappa shape index (κ3) is 4.67. The van der Waals surface area contributed by atoms with Gasteiger partial charge in [-0.05, 0) is 25.3 Å².